The van der Waals surface area contributed by atoms with Crippen LogP contribution in [0, 0.1) is 6.92 Å². The zero-order chi connectivity index (χ0) is 11.3. The van der Waals surface area contributed by atoms with Gasteiger partial charge in [0.15, 0.2) is 0 Å². The topological polar surface area (TPSA) is 44.5 Å². The summed E-state index contributed by atoms with van der Waals surface area (Å²) in [4.78, 5) is 11.4. The summed E-state index contributed by atoms with van der Waals surface area (Å²) in [7, 11) is 0. The zero-order valence-corrected chi connectivity index (χ0v) is 9.76. The van der Waals surface area contributed by atoms with Gasteiger partial charge >= 0.3 is 0 Å². The van der Waals surface area contributed by atoms with Gasteiger partial charge in [0, 0.05) is 17.0 Å². The molecule has 0 radical (unpaired) electrons. The van der Waals surface area contributed by atoms with Gasteiger partial charge in [0.1, 0.15) is 11.3 Å². The second-order valence-electron chi connectivity index (χ2n) is 4.66. The minimum Gasteiger partial charge on any atom is -0.357 e. The van der Waals surface area contributed by atoms with Gasteiger partial charge in [0.2, 0.25) is 0 Å². The number of nitrogens with zero attached hydrogens (tertiary/aromatic N) is 1. The normalized spacial score (nSPS) is 12.0. The van der Waals surface area contributed by atoms with Crippen LogP contribution in [0.2, 0.25) is 0 Å². The number of hydrogen-bond acceptors (Lipinski definition) is 1. The molecule has 2 aromatic heterocycles. The van der Waals surface area contributed by atoms with Crippen molar-refractivity contribution in [3.63, 3.8) is 0 Å². The van der Waals surface area contributed by atoms with Gasteiger partial charge in [-0.2, -0.15) is 0 Å². The Kier molecular flexibility index (Phi) is 1.84. The Hall–Kier alpha value is -1.77. The highest BCUT2D eigenvalue weighted by molar-refractivity contribution is 6.02. The number of benzene rings is 1. The first kappa shape index (κ1) is 9.46. The van der Waals surface area contributed by atoms with Crippen molar-refractivity contribution >= 4 is 21.9 Å². The van der Waals surface area contributed by atoms with Gasteiger partial charge in [-0.25, -0.2) is 4.98 Å². The highest BCUT2D eigenvalue weighted by Gasteiger charge is 2.10. The number of aryl methyl sites for hydroxylation is 1. The molecule has 0 amide bonds. The summed E-state index contributed by atoms with van der Waals surface area (Å²) in [5.74, 6) is 1.48. The second-order valence-corrected chi connectivity index (χ2v) is 4.66. The van der Waals surface area contributed by atoms with Crippen LogP contribution in [-0.2, 0) is 0 Å². The first-order chi connectivity index (χ1) is 7.65. The maximum Gasteiger partial charge on any atom is 0.113 e. The van der Waals surface area contributed by atoms with Crippen molar-refractivity contribution in [2.75, 3.05) is 0 Å². The fraction of sp³-hybridized carbons (Fsp3) is 0.308. The van der Waals surface area contributed by atoms with Crippen LogP contribution in [0.5, 0.6) is 0 Å². The van der Waals surface area contributed by atoms with Gasteiger partial charge in [-0.3, -0.25) is 0 Å². The second kappa shape index (κ2) is 3.11. The Morgan fingerprint density at radius 2 is 2.00 bits per heavy atom. The van der Waals surface area contributed by atoms with E-state index in [1.54, 1.807) is 0 Å². The molecule has 0 aliphatic rings. The first-order valence-corrected chi connectivity index (χ1v) is 5.63. The van der Waals surface area contributed by atoms with Gasteiger partial charge in [0.05, 0.1) is 11.0 Å². The number of imidazole rings is 1. The van der Waals surface area contributed by atoms with Crippen LogP contribution in [0.1, 0.15) is 31.3 Å². The molecule has 0 spiro atoms. The molecule has 3 rings (SSSR count). The lowest BCUT2D eigenvalue weighted by Crippen LogP contribution is -1.88. The van der Waals surface area contributed by atoms with E-state index in [0.717, 1.165) is 22.4 Å². The van der Waals surface area contributed by atoms with Crippen LogP contribution < -0.4 is 0 Å². The van der Waals surface area contributed by atoms with Crippen LogP contribution in [0.25, 0.3) is 21.9 Å². The molecule has 0 atom stereocenters. The van der Waals surface area contributed by atoms with E-state index in [4.69, 9.17) is 0 Å². The molecule has 0 fully saturated rings. The van der Waals surface area contributed by atoms with Crippen molar-refractivity contribution in [3.8, 4) is 0 Å². The number of H-pyrrole nitrogens is 2. The van der Waals surface area contributed by atoms with E-state index in [-0.39, 0.29) is 0 Å². The van der Waals surface area contributed by atoms with Gasteiger partial charge in [0.25, 0.3) is 0 Å². The van der Waals surface area contributed by atoms with Gasteiger partial charge < -0.3 is 9.97 Å². The van der Waals surface area contributed by atoms with Crippen molar-refractivity contribution < 1.29 is 0 Å². The lowest BCUT2D eigenvalue weighted by molar-refractivity contribution is 0.799. The highest BCUT2D eigenvalue weighted by atomic mass is 14.9. The SMILES string of the molecule is Cc1cc2ccc3[nH]c(C(C)C)nc3c2[nH]1. The standard InChI is InChI=1S/C13H15N3/c1-7(2)13-15-10-5-4-9-6-8(3)14-11(9)12(10)16-13/h4-7,14H,1-3H3,(H,15,16). The lowest BCUT2D eigenvalue weighted by Gasteiger charge is -1.95. The summed E-state index contributed by atoms with van der Waals surface area (Å²) in [6, 6.07) is 6.38. The van der Waals surface area contributed by atoms with Gasteiger partial charge in [-0.05, 0) is 19.1 Å². The van der Waals surface area contributed by atoms with Crippen LogP contribution >= 0.6 is 0 Å². The number of aromatic nitrogens is 3. The highest BCUT2D eigenvalue weighted by Crippen LogP contribution is 2.25. The van der Waals surface area contributed by atoms with E-state index in [2.05, 4.69) is 53.9 Å². The van der Waals surface area contributed by atoms with Gasteiger partial charge in [-0.15, -0.1) is 0 Å². The van der Waals surface area contributed by atoms with Crippen molar-refractivity contribution in [2.24, 2.45) is 0 Å². The van der Waals surface area contributed by atoms with Crippen LogP contribution in [0.3, 0.4) is 0 Å². The summed E-state index contributed by atoms with van der Waals surface area (Å²) in [5.41, 5.74) is 4.47. The third kappa shape index (κ3) is 1.24. The molecule has 2 heterocycles. The number of aromatic amines is 2. The molecule has 1 aromatic carbocycles. The lowest BCUT2D eigenvalue weighted by atomic mass is 10.2. The van der Waals surface area contributed by atoms with E-state index in [0.29, 0.717) is 5.92 Å². The quantitative estimate of drug-likeness (QED) is 0.638. The molecule has 3 aromatic rings. The number of rotatable bonds is 1. The predicted molar refractivity (Wildman–Crippen MR) is 66.8 cm³/mol. The molecule has 0 aliphatic heterocycles. The first-order valence-electron chi connectivity index (χ1n) is 5.63. The van der Waals surface area contributed by atoms with E-state index >= 15 is 0 Å². The Bertz CT molecular complexity index is 658. The number of hydrogen-bond donors (Lipinski definition) is 2. The maximum absolute atomic E-state index is 4.67. The molecule has 16 heavy (non-hydrogen) atoms. The third-order valence-electron chi connectivity index (χ3n) is 2.95. The molecular weight excluding hydrogens is 198 g/mol. The van der Waals surface area contributed by atoms with E-state index in [9.17, 15) is 0 Å². The fourth-order valence-corrected chi connectivity index (χ4v) is 2.10. The van der Waals surface area contributed by atoms with Gasteiger partial charge in [-0.1, -0.05) is 19.9 Å². The summed E-state index contributed by atoms with van der Waals surface area (Å²) in [6.07, 6.45) is 0. The van der Waals surface area contributed by atoms with Crippen LogP contribution in [-0.4, -0.2) is 15.0 Å². The third-order valence-corrected chi connectivity index (χ3v) is 2.95. The average Bonchev–Trinajstić information content (AvgIpc) is 2.77. The van der Waals surface area contributed by atoms with Crippen LogP contribution in [0.15, 0.2) is 18.2 Å². The smallest absolute Gasteiger partial charge is 0.113 e. The molecule has 0 saturated carbocycles. The molecule has 2 N–H and O–H groups in total. The molecule has 82 valence electrons. The summed E-state index contributed by atoms with van der Waals surface area (Å²) in [5, 5.41) is 1.23. The predicted octanol–water partition coefficient (Wildman–Crippen LogP) is 3.48. The Morgan fingerprint density at radius 1 is 1.19 bits per heavy atom. The van der Waals surface area contributed by atoms with Crippen molar-refractivity contribution in [1.29, 1.82) is 0 Å². The largest absolute Gasteiger partial charge is 0.357 e. The summed E-state index contributed by atoms with van der Waals surface area (Å²) >= 11 is 0. The molecule has 0 bridgehead atoms. The summed E-state index contributed by atoms with van der Waals surface area (Å²) in [6.45, 7) is 6.37. The Balaban J connectivity index is 2.40. The molecule has 3 heteroatoms. The molecule has 0 unspecified atom stereocenters. The van der Waals surface area contributed by atoms with Crippen molar-refractivity contribution in [2.45, 2.75) is 26.7 Å². The van der Waals surface area contributed by atoms with E-state index in [1.165, 1.54) is 11.1 Å². The average molecular weight is 213 g/mol. The van der Waals surface area contributed by atoms with Crippen LogP contribution in [0.4, 0.5) is 0 Å². The number of fused-ring (bicyclic) bond motifs is 3. The summed E-state index contributed by atoms with van der Waals surface area (Å²) < 4.78 is 0. The van der Waals surface area contributed by atoms with E-state index in [1.807, 2.05) is 0 Å². The molecule has 0 aliphatic carbocycles. The monoisotopic (exact) mass is 213 g/mol. The van der Waals surface area contributed by atoms with E-state index < -0.39 is 0 Å². The van der Waals surface area contributed by atoms with Crippen molar-refractivity contribution in [3.05, 3.63) is 29.7 Å². The van der Waals surface area contributed by atoms with Crippen molar-refractivity contribution in [1.82, 2.24) is 15.0 Å². The Labute approximate surface area is 93.9 Å². The minimum absolute atomic E-state index is 0.429. The Morgan fingerprint density at radius 3 is 2.75 bits per heavy atom. The molecular formula is C13H15N3. The zero-order valence-electron chi connectivity index (χ0n) is 9.76. The molecule has 0 saturated heterocycles. The maximum atomic E-state index is 4.67. The molecule has 3 nitrogen and oxygen atoms in total. The minimum atomic E-state index is 0.429. The fourth-order valence-electron chi connectivity index (χ4n) is 2.10. The number of nitrogens with one attached hydrogen (secondary N) is 2.